The molecule has 0 saturated carbocycles. The van der Waals surface area contributed by atoms with Crippen molar-refractivity contribution in [1.82, 2.24) is 9.78 Å². The summed E-state index contributed by atoms with van der Waals surface area (Å²) in [6, 6.07) is 6.82. The average molecular weight is 412 g/mol. The van der Waals surface area contributed by atoms with Gasteiger partial charge in [0.2, 0.25) is 5.91 Å². The fourth-order valence-electron chi connectivity index (χ4n) is 2.32. The van der Waals surface area contributed by atoms with Crippen molar-refractivity contribution in [2.75, 3.05) is 11.9 Å². The Morgan fingerprint density at radius 2 is 1.89 bits per heavy atom. The van der Waals surface area contributed by atoms with Gasteiger partial charge in [0.25, 0.3) is 0 Å². The lowest BCUT2D eigenvalue weighted by Crippen LogP contribution is -2.17. The number of nitrogens with one attached hydrogen (secondary N) is 1. The van der Waals surface area contributed by atoms with Gasteiger partial charge in [0.15, 0.2) is 0 Å². The van der Waals surface area contributed by atoms with Crippen molar-refractivity contribution >= 4 is 40.9 Å². The van der Waals surface area contributed by atoms with E-state index in [0.717, 1.165) is 5.69 Å². The molecule has 6 nitrogen and oxygen atoms in total. The lowest BCUT2D eigenvalue weighted by Gasteiger charge is -2.14. The van der Waals surface area contributed by atoms with Crippen molar-refractivity contribution < 1.29 is 14.3 Å². The van der Waals surface area contributed by atoms with E-state index in [9.17, 15) is 9.59 Å². The SMILES string of the molecule is CCOC(=O)CCC(=O)Nc1cc(C(C)(C)C)nn1-c1cc(Cl)ccc1Cl. The Hall–Kier alpha value is -2.05. The van der Waals surface area contributed by atoms with Gasteiger partial charge >= 0.3 is 5.97 Å². The molecule has 1 N–H and O–H groups in total. The van der Waals surface area contributed by atoms with Crippen LogP contribution in [0.1, 0.15) is 46.2 Å². The number of benzene rings is 1. The molecule has 1 aromatic heterocycles. The van der Waals surface area contributed by atoms with Crippen LogP contribution in [-0.2, 0) is 19.7 Å². The third kappa shape index (κ3) is 5.71. The molecule has 0 saturated heterocycles. The molecule has 0 radical (unpaired) electrons. The number of hydrogen-bond donors (Lipinski definition) is 1. The maximum Gasteiger partial charge on any atom is 0.306 e. The van der Waals surface area contributed by atoms with E-state index >= 15 is 0 Å². The first-order valence-electron chi connectivity index (χ1n) is 8.63. The van der Waals surface area contributed by atoms with Gasteiger partial charge in [-0.05, 0) is 25.1 Å². The topological polar surface area (TPSA) is 73.2 Å². The van der Waals surface area contributed by atoms with E-state index in [4.69, 9.17) is 27.9 Å². The zero-order chi connectivity index (χ0) is 20.2. The summed E-state index contributed by atoms with van der Waals surface area (Å²) in [5.41, 5.74) is 1.10. The lowest BCUT2D eigenvalue weighted by molar-refractivity contribution is -0.144. The first-order chi connectivity index (χ1) is 12.6. The number of amides is 1. The highest BCUT2D eigenvalue weighted by Crippen LogP contribution is 2.30. The molecule has 1 amide bonds. The molecule has 27 heavy (non-hydrogen) atoms. The number of ether oxygens (including phenoxy) is 1. The van der Waals surface area contributed by atoms with Gasteiger partial charge in [0.05, 0.1) is 29.4 Å². The number of hydrogen-bond acceptors (Lipinski definition) is 4. The molecule has 0 bridgehead atoms. The number of rotatable bonds is 6. The maximum absolute atomic E-state index is 12.3. The van der Waals surface area contributed by atoms with Crippen LogP contribution in [0.15, 0.2) is 24.3 Å². The van der Waals surface area contributed by atoms with Gasteiger partial charge in [0, 0.05) is 22.9 Å². The second-order valence-electron chi connectivity index (χ2n) is 7.03. The lowest BCUT2D eigenvalue weighted by atomic mass is 9.92. The van der Waals surface area contributed by atoms with Gasteiger partial charge in [-0.25, -0.2) is 4.68 Å². The predicted octanol–water partition coefficient (Wildman–Crippen LogP) is 4.76. The normalized spacial score (nSPS) is 11.3. The maximum atomic E-state index is 12.3. The fraction of sp³-hybridized carbons (Fsp3) is 0.421. The Labute approximate surface area is 168 Å². The quantitative estimate of drug-likeness (QED) is 0.695. The monoisotopic (exact) mass is 411 g/mol. The number of carbonyl (C=O) groups is 2. The summed E-state index contributed by atoms with van der Waals surface area (Å²) in [5, 5.41) is 8.35. The molecule has 0 spiro atoms. The van der Waals surface area contributed by atoms with E-state index in [-0.39, 0.29) is 30.8 Å². The zero-order valence-electron chi connectivity index (χ0n) is 15.8. The first-order valence-corrected chi connectivity index (χ1v) is 9.39. The zero-order valence-corrected chi connectivity index (χ0v) is 17.3. The van der Waals surface area contributed by atoms with E-state index in [2.05, 4.69) is 10.4 Å². The number of esters is 1. The van der Waals surface area contributed by atoms with Gasteiger partial charge < -0.3 is 10.1 Å². The van der Waals surface area contributed by atoms with Crippen LogP contribution < -0.4 is 5.32 Å². The molecule has 0 unspecified atom stereocenters. The van der Waals surface area contributed by atoms with E-state index < -0.39 is 5.97 Å². The van der Waals surface area contributed by atoms with Gasteiger partial charge in [-0.3, -0.25) is 9.59 Å². The molecular formula is C19H23Cl2N3O3. The summed E-state index contributed by atoms with van der Waals surface area (Å²) in [6.45, 7) is 8.07. The standard InChI is InChI=1S/C19H23Cl2N3O3/c1-5-27-18(26)9-8-17(25)22-16-11-15(19(2,3)4)23-24(16)14-10-12(20)6-7-13(14)21/h6-7,10-11H,5,8-9H2,1-4H3,(H,22,25). The molecule has 0 atom stereocenters. The van der Waals surface area contributed by atoms with Crippen molar-refractivity contribution in [2.24, 2.45) is 0 Å². The number of anilines is 1. The molecule has 1 heterocycles. The molecule has 1 aromatic carbocycles. The van der Waals surface area contributed by atoms with Gasteiger partial charge in [-0.1, -0.05) is 44.0 Å². The predicted molar refractivity (Wildman–Crippen MR) is 107 cm³/mol. The summed E-state index contributed by atoms with van der Waals surface area (Å²) in [7, 11) is 0. The average Bonchev–Trinajstić information content (AvgIpc) is 2.99. The number of aromatic nitrogens is 2. The van der Waals surface area contributed by atoms with Gasteiger partial charge in [0.1, 0.15) is 5.82 Å². The second kappa shape index (κ2) is 8.76. The molecular weight excluding hydrogens is 389 g/mol. The smallest absolute Gasteiger partial charge is 0.306 e. The van der Waals surface area contributed by atoms with Crippen molar-refractivity contribution in [3.63, 3.8) is 0 Å². The Balaban J connectivity index is 2.32. The van der Waals surface area contributed by atoms with Crippen LogP contribution in [0.5, 0.6) is 0 Å². The Morgan fingerprint density at radius 1 is 1.19 bits per heavy atom. The Bertz CT molecular complexity index is 841. The van der Waals surface area contributed by atoms with Crippen LogP contribution >= 0.6 is 23.2 Å². The fourth-order valence-corrected chi connectivity index (χ4v) is 2.69. The molecule has 2 rings (SSSR count). The summed E-state index contributed by atoms with van der Waals surface area (Å²) in [6.07, 6.45) is 0.0238. The van der Waals surface area contributed by atoms with Crippen LogP contribution in [-0.4, -0.2) is 28.3 Å². The number of carbonyl (C=O) groups excluding carboxylic acids is 2. The third-order valence-electron chi connectivity index (χ3n) is 3.74. The number of nitrogens with zero attached hydrogens (tertiary/aromatic N) is 2. The van der Waals surface area contributed by atoms with E-state index in [1.165, 1.54) is 0 Å². The minimum absolute atomic E-state index is 0.0118. The van der Waals surface area contributed by atoms with Crippen LogP contribution in [0.4, 0.5) is 5.82 Å². The van der Waals surface area contributed by atoms with Crippen LogP contribution in [0.2, 0.25) is 10.0 Å². The minimum atomic E-state index is -0.408. The minimum Gasteiger partial charge on any atom is -0.466 e. The molecule has 0 fully saturated rings. The van der Waals surface area contributed by atoms with Gasteiger partial charge in [-0.15, -0.1) is 0 Å². The molecule has 8 heteroatoms. The van der Waals surface area contributed by atoms with Crippen LogP contribution in [0.25, 0.3) is 5.69 Å². The van der Waals surface area contributed by atoms with Crippen LogP contribution in [0.3, 0.4) is 0 Å². The van der Waals surface area contributed by atoms with E-state index in [1.807, 2.05) is 20.8 Å². The highest BCUT2D eigenvalue weighted by atomic mass is 35.5. The van der Waals surface area contributed by atoms with E-state index in [0.29, 0.717) is 21.6 Å². The summed E-state index contributed by atoms with van der Waals surface area (Å²) < 4.78 is 6.40. The summed E-state index contributed by atoms with van der Waals surface area (Å²) >= 11 is 12.4. The Morgan fingerprint density at radius 3 is 2.52 bits per heavy atom. The van der Waals surface area contributed by atoms with Crippen LogP contribution in [0, 0.1) is 0 Å². The van der Waals surface area contributed by atoms with Crippen molar-refractivity contribution in [2.45, 2.75) is 46.0 Å². The summed E-state index contributed by atoms with van der Waals surface area (Å²) in [4.78, 5) is 23.8. The molecule has 146 valence electrons. The Kier molecular flexibility index (Phi) is 6.89. The number of halogens is 2. The molecule has 0 aliphatic rings. The second-order valence-corrected chi connectivity index (χ2v) is 7.87. The van der Waals surface area contributed by atoms with Gasteiger partial charge in [-0.2, -0.15) is 5.10 Å². The first kappa shape index (κ1) is 21.3. The summed E-state index contributed by atoms with van der Waals surface area (Å²) in [5.74, 6) is -0.268. The highest BCUT2D eigenvalue weighted by molar-refractivity contribution is 6.34. The van der Waals surface area contributed by atoms with Crippen molar-refractivity contribution in [1.29, 1.82) is 0 Å². The third-order valence-corrected chi connectivity index (χ3v) is 4.30. The molecule has 2 aromatic rings. The molecule has 0 aliphatic heterocycles. The highest BCUT2D eigenvalue weighted by Gasteiger charge is 2.22. The van der Waals surface area contributed by atoms with E-state index in [1.54, 1.807) is 35.9 Å². The molecule has 0 aliphatic carbocycles. The van der Waals surface area contributed by atoms with Crippen molar-refractivity contribution in [3.05, 3.63) is 40.0 Å². The van der Waals surface area contributed by atoms with Crippen molar-refractivity contribution in [3.8, 4) is 5.69 Å². The largest absolute Gasteiger partial charge is 0.466 e.